The van der Waals surface area contributed by atoms with Crippen molar-refractivity contribution in [2.45, 2.75) is 46.1 Å². The molecule has 2 aromatic heterocycles. The van der Waals surface area contributed by atoms with E-state index in [1.807, 2.05) is 12.3 Å². The minimum Gasteiger partial charge on any atom is -0.476 e. The van der Waals surface area contributed by atoms with Crippen LogP contribution in [0.3, 0.4) is 0 Å². The van der Waals surface area contributed by atoms with Crippen LogP contribution in [0, 0.1) is 0 Å². The second-order valence-corrected chi connectivity index (χ2v) is 6.52. The SMILES string of the molecule is CCc1c(C(=O)O)nnn1Cc1nc(C(C)(C)C)cs1. The molecule has 7 heteroatoms. The molecule has 2 aromatic rings. The molecule has 108 valence electrons. The van der Waals surface area contributed by atoms with E-state index >= 15 is 0 Å². The second-order valence-electron chi connectivity index (χ2n) is 5.58. The average molecular weight is 294 g/mol. The molecule has 0 aliphatic rings. The highest BCUT2D eigenvalue weighted by Gasteiger charge is 2.20. The lowest BCUT2D eigenvalue weighted by Gasteiger charge is -2.14. The summed E-state index contributed by atoms with van der Waals surface area (Å²) in [7, 11) is 0. The number of carbonyl (C=O) groups is 1. The molecule has 0 fully saturated rings. The first-order valence-corrected chi connectivity index (χ1v) is 7.31. The Morgan fingerprint density at radius 2 is 2.15 bits per heavy atom. The van der Waals surface area contributed by atoms with E-state index in [9.17, 15) is 4.79 Å². The molecule has 0 saturated heterocycles. The zero-order valence-electron chi connectivity index (χ0n) is 12.0. The monoisotopic (exact) mass is 294 g/mol. The van der Waals surface area contributed by atoms with Crippen molar-refractivity contribution in [1.29, 1.82) is 0 Å². The van der Waals surface area contributed by atoms with Gasteiger partial charge in [0.1, 0.15) is 5.01 Å². The molecule has 2 rings (SSSR count). The number of rotatable bonds is 4. The van der Waals surface area contributed by atoms with Crippen molar-refractivity contribution in [3.8, 4) is 0 Å². The fourth-order valence-corrected chi connectivity index (χ4v) is 2.83. The molecule has 0 spiro atoms. The van der Waals surface area contributed by atoms with Gasteiger partial charge in [0.25, 0.3) is 0 Å². The lowest BCUT2D eigenvalue weighted by atomic mass is 9.93. The average Bonchev–Trinajstić information content (AvgIpc) is 2.95. The van der Waals surface area contributed by atoms with Crippen molar-refractivity contribution in [1.82, 2.24) is 20.0 Å². The molecule has 0 unspecified atom stereocenters. The maximum absolute atomic E-state index is 11.1. The topological polar surface area (TPSA) is 80.9 Å². The van der Waals surface area contributed by atoms with Crippen LogP contribution in [0.1, 0.15) is 54.6 Å². The van der Waals surface area contributed by atoms with E-state index in [-0.39, 0.29) is 11.1 Å². The molecule has 0 atom stereocenters. The van der Waals surface area contributed by atoms with Crippen molar-refractivity contribution in [3.63, 3.8) is 0 Å². The highest BCUT2D eigenvalue weighted by Crippen LogP contribution is 2.24. The summed E-state index contributed by atoms with van der Waals surface area (Å²) in [6.07, 6.45) is 0.576. The van der Waals surface area contributed by atoms with Crippen LogP contribution in [-0.4, -0.2) is 31.1 Å². The molecule has 0 saturated carbocycles. The highest BCUT2D eigenvalue weighted by atomic mass is 32.1. The molecule has 0 aliphatic carbocycles. The molecule has 0 aliphatic heterocycles. The van der Waals surface area contributed by atoms with Crippen LogP contribution >= 0.6 is 11.3 Å². The fraction of sp³-hybridized carbons (Fsp3) is 0.538. The lowest BCUT2D eigenvalue weighted by Crippen LogP contribution is -2.12. The lowest BCUT2D eigenvalue weighted by molar-refractivity contribution is 0.0689. The predicted octanol–water partition coefficient (Wildman–Crippen LogP) is 2.34. The maximum atomic E-state index is 11.1. The van der Waals surface area contributed by atoms with Crippen molar-refractivity contribution in [3.05, 3.63) is 27.5 Å². The van der Waals surface area contributed by atoms with Gasteiger partial charge in [0.2, 0.25) is 0 Å². The Kier molecular flexibility index (Phi) is 3.89. The molecule has 20 heavy (non-hydrogen) atoms. The minimum atomic E-state index is -1.04. The van der Waals surface area contributed by atoms with Crippen LogP contribution in [-0.2, 0) is 18.4 Å². The number of carboxylic acid groups (broad SMARTS) is 1. The van der Waals surface area contributed by atoms with Crippen LogP contribution in [0.15, 0.2) is 5.38 Å². The Morgan fingerprint density at radius 3 is 2.65 bits per heavy atom. The van der Waals surface area contributed by atoms with E-state index in [4.69, 9.17) is 5.11 Å². The van der Waals surface area contributed by atoms with E-state index in [0.29, 0.717) is 18.7 Å². The van der Waals surface area contributed by atoms with Gasteiger partial charge in [-0.05, 0) is 6.42 Å². The number of nitrogens with zero attached hydrogens (tertiary/aromatic N) is 4. The summed E-state index contributed by atoms with van der Waals surface area (Å²) in [4.78, 5) is 15.6. The van der Waals surface area contributed by atoms with Gasteiger partial charge in [0.15, 0.2) is 5.69 Å². The van der Waals surface area contributed by atoms with E-state index in [1.165, 1.54) is 0 Å². The van der Waals surface area contributed by atoms with Crippen LogP contribution in [0.4, 0.5) is 0 Å². The quantitative estimate of drug-likeness (QED) is 0.936. The van der Waals surface area contributed by atoms with Crippen LogP contribution in [0.2, 0.25) is 0 Å². The number of hydrogen-bond acceptors (Lipinski definition) is 5. The molecule has 0 amide bonds. The molecule has 0 radical (unpaired) electrons. The number of carboxylic acids is 1. The van der Waals surface area contributed by atoms with Crippen LogP contribution < -0.4 is 0 Å². The third kappa shape index (κ3) is 2.87. The highest BCUT2D eigenvalue weighted by molar-refractivity contribution is 7.09. The van der Waals surface area contributed by atoms with Crippen LogP contribution in [0.5, 0.6) is 0 Å². The summed E-state index contributed by atoms with van der Waals surface area (Å²) in [5.74, 6) is -1.04. The molecule has 0 bridgehead atoms. The first kappa shape index (κ1) is 14.6. The van der Waals surface area contributed by atoms with Gasteiger partial charge < -0.3 is 5.11 Å². The molecular formula is C13H18N4O2S. The van der Waals surface area contributed by atoms with Gasteiger partial charge >= 0.3 is 5.97 Å². The Balaban J connectivity index is 2.26. The first-order chi connectivity index (χ1) is 9.32. The van der Waals surface area contributed by atoms with Gasteiger partial charge in [-0.15, -0.1) is 16.4 Å². The van der Waals surface area contributed by atoms with E-state index in [1.54, 1.807) is 16.0 Å². The standard InChI is InChI=1S/C13H18N4O2S/c1-5-8-11(12(18)19)15-16-17(8)6-10-14-9(7-20-10)13(2,3)4/h7H,5-6H2,1-4H3,(H,18,19). The summed E-state index contributed by atoms with van der Waals surface area (Å²) in [6, 6.07) is 0. The fourth-order valence-electron chi connectivity index (χ4n) is 1.83. The Labute approximate surface area is 121 Å². The van der Waals surface area contributed by atoms with Gasteiger partial charge in [-0.3, -0.25) is 0 Å². The third-order valence-corrected chi connectivity index (χ3v) is 3.81. The zero-order chi connectivity index (χ0) is 14.9. The van der Waals surface area contributed by atoms with Crippen molar-refractivity contribution in [2.75, 3.05) is 0 Å². The number of hydrogen-bond donors (Lipinski definition) is 1. The summed E-state index contributed by atoms with van der Waals surface area (Å²) in [5.41, 5.74) is 1.70. The van der Waals surface area contributed by atoms with Crippen molar-refractivity contribution >= 4 is 17.3 Å². The first-order valence-electron chi connectivity index (χ1n) is 6.43. The smallest absolute Gasteiger partial charge is 0.358 e. The predicted molar refractivity (Wildman–Crippen MR) is 76.3 cm³/mol. The molecular weight excluding hydrogens is 276 g/mol. The molecule has 0 aromatic carbocycles. The van der Waals surface area contributed by atoms with Gasteiger partial charge in [0, 0.05) is 10.8 Å². The maximum Gasteiger partial charge on any atom is 0.358 e. The molecule has 2 heterocycles. The largest absolute Gasteiger partial charge is 0.476 e. The van der Waals surface area contributed by atoms with E-state index in [2.05, 4.69) is 36.1 Å². The second kappa shape index (κ2) is 5.32. The van der Waals surface area contributed by atoms with Gasteiger partial charge in [-0.2, -0.15) is 0 Å². The Bertz CT molecular complexity index is 625. The van der Waals surface area contributed by atoms with Crippen molar-refractivity contribution < 1.29 is 9.90 Å². The number of aromatic carboxylic acids is 1. The van der Waals surface area contributed by atoms with Gasteiger partial charge in [-0.25, -0.2) is 14.5 Å². The summed E-state index contributed by atoms with van der Waals surface area (Å²) in [5, 5.41) is 19.7. The molecule has 1 N–H and O–H groups in total. The number of thiazole rings is 1. The minimum absolute atomic E-state index is 0.0108. The zero-order valence-corrected chi connectivity index (χ0v) is 12.9. The van der Waals surface area contributed by atoms with Crippen LogP contribution in [0.25, 0.3) is 0 Å². The number of aromatic nitrogens is 4. The van der Waals surface area contributed by atoms with E-state index < -0.39 is 5.97 Å². The normalized spacial score (nSPS) is 11.8. The van der Waals surface area contributed by atoms with Crippen molar-refractivity contribution in [2.24, 2.45) is 0 Å². The Hall–Kier alpha value is -1.76. The van der Waals surface area contributed by atoms with E-state index in [0.717, 1.165) is 10.7 Å². The Morgan fingerprint density at radius 1 is 1.45 bits per heavy atom. The summed E-state index contributed by atoms with van der Waals surface area (Å²) >= 11 is 1.56. The summed E-state index contributed by atoms with van der Waals surface area (Å²) < 4.78 is 1.62. The summed E-state index contributed by atoms with van der Waals surface area (Å²) in [6.45, 7) is 8.69. The third-order valence-electron chi connectivity index (χ3n) is 2.98. The van der Waals surface area contributed by atoms with Gasteiger partial charge in [-0.1, -0.05) is 32.9 Å². The molecule has 6 nitrogen and oxygen atoms in total. The van der Waals surface area contributed by atoms with Gasteiger partial charge in [0.05, 0.1) is 17.9 Å².